The Morgan fingerprint density at radius 1 is 1.18 bits per heavy atom. The molecule has 40 heavy (non-hydrogen) atoms. The lowest BCUT2D eigenvalue weighted by molar-refractivity contribution is -0.146. The second-order valence-electron chi connectivity index (χ2n) is 10.9. The molecular weight excluding hydrogens is 532 g/mol. The summed E-state index contributed by atoms with van der Waals surface area (Å²) in [5.41, 5.74) is 7.11. The molecule has 2 atom stereocenters. The highest BCUT2D eigenvalue weighted by atomic mass is 35.5. The fourth-order valence-electron chi connectivity index (χ4n) is 4.49. The van der Waals surface area contributed by atoms with Gasteiger partial charge in [0.1, 0.15) is 17.7 Å². The highest BCUT2D eigenvalue weighted by Gasteiger charge is 2.42. The highest BCUT2D eigenvalue weighted by Crippen LogP contribution is 2.36. The molecule has 0 aliphatic heterocycles. The Morgan fingerprint density at radius 3 is 2.40 bits per heavy atom. The van der Waals surface area contributed by atoms with E-state index in [1.807, 2.05) is 19.1 Å². The molecule has 0 aromatic heterocycles. The van der Waals surface area contributed by atoms with Gasteiger partial charge in [0.2, 0.25) is 11.8 Å². The van der Waals surface area contributed by atoms with Gasteiger partial charge < -0.3 is 26.0 Å². The Bertz CT molecular complexity index is 1260. The van der Waals surface area contributed by atoms with Gasteiger partial charge in [-0.05, 0) is 75.8 Å². The Morgan fingerprint density at radius 2 is 1.85 bits per heavy atom. The van der Waals surface area contributed by atoms with Crippen LogP contribution >= 0.6 is 11.6 Å². The van der Waals surface area contributed by atoms with Crippen molar-refractivity contribution >= 4 is 47.2 Å². The van der Waals surface area contributed by atoms with Crippen LogP contribution in [-0.2, 0) is 19.1 Å². The van der Waals surface area contributed by atoms with E-state index in [0.717, 1.165) is 17.5 Å². The van der Waals surface area contributed by atoms with Crippen molar-refractivity contribution in [3.63, 3.8) is 0 Å². The third kappa shape index (κ3) is 7.85. The van der Waals surface area contributed by atoms with Gasteiger partial charge >= 0.3 is 6.09 Å². The van der Waals surface area contributed by atoms with Gasteiger partial charge in [0.25, 0.3) is 5.91 Å². The molecule has 1 aliphatic carbocycles. The van der Waals surface area contributed by atoms with Crippen LogP contribution < -0.4 is 16.4 Å². The number of hydrogen-bond donors (Lipinski definition) is 3. The quantitative estimate of drug-likeness (QED) is 0.366. The summed E-state index contributed by atoms with van der Waals surface area (Å²) in [4.78, 5) is 54.3. The number of carbonyl (C=O) groups is 4. The van der Waals surface area contributed by atoms with Crippen LogP contribution in [0.3, 0.4) is 0 Å². The average Bonchev–Trinajstić information content (AvgIpc) is 2.82. The Hall–Kier alpha value is -3.85. The van der Waals surface area contributed by atoms with Crippen LogP contribution in [0.1, 0.15) is 69.2 Å². The zero-order chi connectivity index (χ0) is 29.6. The minimum Gasteiger partial charge on any atom is -0.444 e. The predicted octanol–water partition coefficient (Wildman–Crippen LogP) is 5.12. The van der Waals surface area contributed by atoms with Crippen LogP contribution in [0.15, 0.2) is 49.0 Å². The van der Waals surface area contributed by atoms with E-state index < -0.39 is 47.9 Å². The minimum atomic E-state index is -1.34. The summed E-state index contributed by atoms with van der Waals surface area (Å²) in [5, 5.41) is 5.77. The maximum atomic E-state index is 14.2. The van der Waals surface area contributed by atoms with Gasteiger partial charge in [-0.15, -0.1) is 0 Å². The van der Waals surface area contributed by atoms with Crippen LogP contribution in [0, 0.1) is 6.92 Å². The number of hydrogen-bond acceptors (Lipinski definition) is 5. The molecule has 3 rings (SSSR count). The van der Waals surface area contributed by atoms with Crippen molar-refractivity contribution in [2.45, 2.75) is 77.1 Å². The lowest BCUT2D eigenvalue weighted by atomic mass is 9.87. The molecule has 0 radical (unpaired) electrons. The van der Waals surface area contributed by atoms with E-state index in [1.54, 1.807) is 57.2 Å². The van der Waals surface area contributed by atoms with E-state index in [4.69, 9.17) is 22.1 Å². The van der Waals surface area contributed by atoms with Gasteiger partial charge in [-0.3, -0.25) is 14.4 Å². The summed E-state index contributed by atoms with van der Waals surface area (Å²) in [7, 11) is 0. The Balaban J connectivity index is 2.09. The van der Waals surface area contributed by atoms with E-state index in [1.165, 1.54) is 4.90 Å². The first kappa shape index (κ1) is 30.7. The van der Waals surface area contributed by atoms with Crippen molar-refractivity contribution < 1.29 is 23.9 Å². The van der Waals surface area contributed by atoms with Gasteiger partial charge in [-0.25, -0.2) is 4.79 Å². The standard InChI is InChI=1S/C30H37ClN4O5/c1-6-19-11-8-12-20(16-19)26(27(37)34-25-18(2)10-7-15-22(25)31)35(21-13-9-14-21)28(38)23(17-24(32)36)33-29(39)40-30(3,4)5/h6-8,10-12,15-16,21,23,26H,1,9,13-14,17H2,2-5H3,(H2,32,36)(H,33,39)(H,34,37). The molecule has 10 heteroatoms. The topological polar surface area (TPSA) is 131 Å². The molecule has 1 fully saturated rings. The molecule has 0 heterocycles. The number of ether oxygens (including phenoxy) is 1. The van der Waals surface area contributed by atoms with Crippen molar-refractivity contribution in [1.29, 1.82) is 0 Å². The van der Waals surface area contributed by atoms with Gasteiger partial charge in [0.15, 0.2) is 0 Å². The fraction of sp³-hybridized carbons (Fsp3) is 0.400. The second kappa shape index (κ2) is 13.0. The van der Waals surface area contributed by atoms with Crippen LogP contribution in [0.4, 0.5) is 10.5 Å². The molecule has 0 bridgehead atoms. The number of rotatable bonds is 10. The number of anilines is 1. The summed E-state index contributed by atoms with van der Waals surface area (Å²) in [6, 6.07) is 9.64. The molecule has 2 aromatic rings. The third-order valence-corrected chi connectivity index (χ3v) is 6.89. The molecule has 1 saturated carbocycles. The van der Waals surface area contributed by atoms with Crippen molar-refractivity contribution in [1.82, 2.24) is 10.2 Å². The Labute approximate surface area is 240 Å². The lowest BCUT2D eigenvalue weighted by Crippen LogP contribution is -2.57. The molecule has 9 nitrogen and oxygen atoms in total. The summed E-state index contributed by atoms with van der Waals surface area (Å²) < 4.78 is 5.33. The number of carbonyl (C=O) groups excluding carboxylic acids is 4. The smallest absolute Gasteiger partial charge is 0.408 e. The number of nitrogens with two attached hydrogens (primary N) is 1. The number of nitrogens with one attached hydrogen (secondary N) is 2. The number of aryl methyl sites for hydroxylation is 1. The van der Waals surface area contributed by atoms with Gasteiger partial charge in [-0.1, -0.05) is 54.6 Å². The van der Waals surface area contributed by atoms with Gasteiger partial charge in [0.05, 0.1) is 17.1 Å². The van der Waals surface area contributed by atoms with E-state index >= 15 is 0 Å². The van der Waals surface area contributed by atoms with E-state index in [0.29, 0.717) is 29.1 Å². The molecule has 2 aromatic carbocycles. The first-order valence-corrected chi connectivity index (χ1v) is 13.6. The van der Waals surface area contributed by atoms with Crippen molar-refractivity contribution in [2.75, 3.05) is 5.32 Å². The molecule has 0 saturated heterocycles. The minimum absolute atomic E-state index is 0.307. The fourth-order valence-corrected chi connectivity index (χ4v) is 4.76. The van der Waals surface area contributed by atoms with Crippen LogP contribution in [0.2, 0.25) is 5.02 Å². The summed E-state index contributed by atoms with van der Waals surface area (Å²) in [5.74, 6) is -1.90. The van der Waals surface area contributed by atoms with Crippen LogP contribution in [0.5, 0.6) is 0 Å². The van der Waals surface area contributed by atoms with Gasteiger partial charge in [0, 0.05) is 6.04 Å². The normalized spacial score (nSPS) is 14.7. The zero-order valence-electron chi connectivity index (χ0n) is 23.3. The number of para-hydroxylation sites is 1. The van der Waals surface area contributed by atoms with E-state index in [9.17, 15) is 19.2 Å². The number of primary amides is 1. The molecule has 1 aliphatic rings. The van der Waals surface area contributed by atoms with E-state index in [2.05, 4.69) is 17.2 Å². The SMILES string of the molecule is C=Cc1cccc(C(C(=O)Nc2c(C)cccc2Cl)N(C(=O)C(CC(N)=O)NC(=O)OC(C)(C)C)C2CCC2)c1. The van der Waals surface area contributed by atoms with Gasteiger partial charge in [-0.2, -0.15) is 0 Å². The van der Waals surface area contributed by atoms with Crippen molar-refractivity contribution in [2.24, 2.45) is 5.73 Å². The molecule has 214 valence electrons. The summed E-state index contributed by atoms with van der Waals surface area (Å²) in [6.07, 6.45) is 2.47. The molecule has 4 N–H and O–H groups in total. The molecular formula is C30H37ClN4O5. The van der Waals surface area contributed by atoms with Crippen molar-refractivity contribution in [3.05, 3.63) is 70.8 Å². The zero-order valence-corrected chi connectivity index (χ0v) is 24.1. The second-order valence-corrected chi connectivity index (χ2v) is 11.3. The maximum Gasteiger partial charge on any atom is 0.408 e. The summed E-state index contributed by atoms with van der Waals surface area (Å²) in [6.45, 7) is 10.7. The molecule has 0 spiro atoms. The monoisotopic (exact) mass is 568 g/mol. The first-order valence-electron chi connectivity index (χ1n) is 13.2. The van der Waals surface area contributed by atoms with Crippen LogP contribution in [0.25, 0.3) is 6.08 Å². The summed E-state index contributed by atoms with van der Waals surface area (Å²) >= 11 is 6.41. The van der Waals surface area contributed by atoms with Crippen molar-refractivity contribution in [3.8, 4) is 0 Å². The predicted molar refractivity (Wildman–Crippen MR) is 156 cm³/mol. The Kier molecular flexibility index (Phi) is 9.98. The highest BCUT2D eigenvalue weighted by molar-refractivity contribution is 6.34. The maximum absolute atomic E-state index is 14.2. The first-order chi connectivity index (χ1) is 18.8. The number of benzene rings is 2. The lowest BCUT2D eigenvalue weighted by Gasteiger charge is -2.43. The molecule has 4 amide bonds. The molecule has 2 unspecified atom stereocenters. The van der Waals surface area contributed by atoms with E-state index in [-0.39, 0.29) is 6.04 Å². The number of amides is 4. The average molecular weight is 569 g/mol. The van der Waals surface area contributed by atoms with Crippen LogP contribution in [-0.4, -0.2) is 46.4 Å². The largest absolute Gasteiger partial charge is 0.444 e. The number of alkyl carbamates (subject to hydrolysis) is 1. The number of halogens is 1. The number of nitrogens with zero attached hydrogens (tertiary/aromatic N) is 1. The third-order valence-electron chi connectivity index (χ3n) is 6.58.